The summed E-state index contributed by atoms with van der Waals surface area (Å²) in [5, 5.41) is 14.2. The van der Waals surface area contributed by atoms with Crippen LogP contribution in [0, 0.1) is 0 Å². The van der Waals surface area contributed by atoms with Gasteiger partial charge in [-0.25, -0.2) is 9.78 Å². The number of hydrogen-bond donors (Lipinski definition) is 3. The number of benzene rings is 1. The Morgan fingerprint density at radius 2 is 1.89 bits per heavy atom. The number of anilines is 3. The van der Waals surface area contributed by atoms with E-state index in [2.05, 4.69) is 20.6 Å². The second-order valence-corrected chi connectivity index (χ2v) is 4.18. The summed E-state index contributed by atoms with van der Waals surface area (Å²) in [6.07, 6.45) is 0.188. The molecule has 0 radical (unpaired) electrons. The van der Waals surface area contributed by atoms with E-state index in [1.165, 1.54) is 6.20 Å². The third-order valence-corrected chi connectivity index (χ3v) is 2.60. The number of hydrogen-bond acceptors (Lipinski definition) is 4. The number of carboxylic acid groups (broad SMARTS) is 1. The number of nitrogens with one attached hydrogen (secondary N) is 2. The zero-order chi connectivity index (χ0) is 13.8. The van der Waals surface area contributed by atoms with Crippen LogP contribution in [0.5, 0.6) is 0 Å². The quantitative estimate of drug-likeness (QED) is 0.753. The Labute approximate surface area is 118 Å². The summed E-state index contributed by atoms with van der Waals surface area (Å²) < 4.78 is 0. The first-order valence-electron chi connectivity index (χ1n) is 5.10. The number of para-hydroxylation sites is 2. The number of aromatic nitrogens is 2. The SMILES string of the molecule is O=C(O)Nc1ccccc1Nc1nc(Cl)ncc1Cl. The molecule has 2 aromatic rings. The van der Waals surface area contributed by atoms with E-state index in [0.717, 1.165) is 0 Å². The fourth-order valence-electron chi connectivity index (χ4n) is 1.38. The first-order valence-corrected chi connectivity index (χ1v) is 5.86. The Morgan fingerprint density at radius 1 is 1.21 bits per heavy atom. The lowest BCUT2D eigenvalue weighted by molar-refractivity contribution is 0.210. The van der Waals surface area contributed by atoms with E-state index in [4.69, 9.17) is 28.3 Å². The van der Waals surface area contributed by atoms with Gasteiger partial charge in [-0.3, -0.25) is 5.32 Å². The normalized spacial score (nSPS) is 10.0. The Morgan fingerprint density at radius 3 is 2.58 bits per heavy atom. The molecule has 0 atom stereocenters. The molecule has 1 amide bonds. The molecule has 1 aromatic carbocycles. The number of halogens is 2. The molecule has 19 heavy (non-hydrogen) atoms. The van der Waals surface area contributed by atoms with E-state index in [9.17, 15) is 4.79 Å². The van der Waals surface area contributed by atoms with Gasteiger partial charge in [0.2, 0.25) is 5.28 Å². The fraction of sp³-hybridized carbons (Fsp3) is 0. The van der Waals surface area contributed by atoms with Crippen LogP contribution in [0.25, 0.3) is 0 Å². The molecule has 98 valence electrons. The van der Waals surface area contributed by atoms with Crippen molar-refractivity contribution >= 4 is 46.5 Å². The first kappa shape index (κ1) is 13.4. The molecule has 6 nitrogen and oxygen atoms in total. The standard InChI is InChI=1S/C11H8Cl2N4O2/c12-6-5-14-10(13)17-9(6)15-7-3-1-2-4-8(7)16-11(18)19/h1-5,16H,(H,18,19)(H,14,15,17). The van der Waals surface area contributed by atoms with Gasteiger partial charge in [0, 0.05) is 0 Å². The van der Waals surface area contributed by atoms with Gasteiger partial charge in [-0.1, -0.05) is 23.7 Å². The highest BCUT2D eigenvalue weighted by molar-refractivity contribution is 6.33. The minimum absolute atomic E-state index is 0.0376. The highest BCUT2D eigenvalue weighted by Crippen LogP contribution is 2.28. The second kappa shape index (κ2) is 5.73. The van der Waals surface area contributed by atoms with E-state index in [1.807, 2.05) is 0 Å². The Hall–Kier alpha value is -2.05. The maximum atomic E-state index is 10.7. The van der Waals surface area contributed by atoms with Crippen molar-refractivity contribution in [3.63, 3.8) is 0 Å². The summed E-state index contributed by atoms with van der Waals surface area (Å²) in [6.45, 7) is 0. The molecule has 0 fully saturated rings. The lowest BCUT2D eigenvalue weighted by Gasteiger charge is -2.11. The van der Waals surface area contributed by atoms with Crippen LogP contribution in [0.1, 0.15) is 0 Å². The van der Waals surface area contributed by atoms with Crippen molar-refractivity contribution in [2.45, 2.75) is 0 Å². The molecule has 0 saturated heterocycles. The molecule has 0 unspecified atom stereocenters. The van der Waals surface area contributed by atoms with Crippen LogP contribution in [-0.4, -0.2) is 21.2 Å². The molecule has 0 aliphatic carbocycles. The van der Waals surface area contributed by atoms with Crippen molar-refractivity contribution in [1.82, 2.24) is 9.97 Å². The molecular formula is C11H8Cl2N4O2. The second-order valence-electron chi connectivity index (χ2n) is 3.44. The lowest BCUT2D eigenvalue weighted by Crippen LogP contribution is -2.09. The molecule has 0 bridgehead atoms. The van der Waals surface area contributed by atoms with Gasteiger partial charge in [-0.05, 0) is 23.7 Å². The van der Waals surface area contributed by atoms with Crippen molar-refractivity contribution in [2.75, 3.05) is 10.6 Å². The van der Waals surface area contributed by atoms with Gasteiger partial charge in [0.25, 0.3) is 0 Å². The molecule has 0 spiro atoms. The van der Waals surface area contributed by atoms with Gasteiger partial charge >= 0.3 is 6.09 Å². The number of amides is 1. The Bertz CT molecular complexity index is 621. The average Bonchev–Trinajstić information content (AvgIpc) is 2.35. The number of nitrogens with zero attached hydrogens (tertiary/aromatic N) is 2. The molecule has 0 aliphatic rings. The molecule has 1 aromatic heterocycles. The smallest absolute Gasteiger partial charge is 0.409 e. The highest BCUT2D eigenvalue weighted by atomic mass is 35.5. The van der Waals surface area contributed by atoms with Gasteiger partial charge < -0.3 is 10.4 Å². The topological polar surface area (TPSA) is 87.1 Å². The van der Waals surface area contributed by atoms with Crippen molar-refractivity contribution in [1.29, 1.82) is 0 Å². The number of rotatable bonds is 3. The van der Waals surface area contributed by atoms with Gasteiger partial charge in [0.1, 0.15) is 5.02 Å². The summed E-state index contributed by atoms with van der Waals surface area (Å²) >= 11 is 11.6. The maximum Gasteiger partial charge on any atom is 0.409 e. The summed E-state index contributed by atoms with van der Waals surface area (Å²) in [4.78, 5) is 18.3. The van der Waals surface area contributed by atoms with E-state index in [0.29, 0.717) is 17.2 Å². The van der Waals surface area contributed by atoms with Crippen molar-refractivity contribution in [2.24, 2.45) is 0 Å². The van der Waals surface area contributed by atoms with Crippen molar-refractivity contribution < 1.29 is 9.90 Å². The van der Waals surface area contributed by atoms with Crippen molar-refractivity contribution in [3.05, 3.63) is 40.8 Å². The third-order valence-electron chi connectivity index (χ3n) is 2.14. The molecule has 0 saturated carbocycles. The Kier molecular flexibility index (Phi) is 4.03. The first-order chi connectivity index (χ1) is 9.06. The number of carbonyl (C=O) groups is 1. The van der Waals surface area contributed by atoms with E-state index >= 15 is 0 Å². The predicted molar refractivity (Wildman–Crippen MR) is 73.4 cm³/mol. The van der Waals surface area contributed by atoms with Crippen LogP contribution in [-0.2, 0) is 0 Å². The van der Waals surface area contributed by atoms with Crippen LogP contribution in [0.4, 0.5) is 22.0 Å². The van der Waals surface area contributed by atoms with Gasteiger partial charge in [-0.2, -0.15) is 4.98 Å². The third kappa shape index (κ3) is 3.46. The van der Waals surface area contributed by atoms with Gasteiger partial charge in [-0.15, -0.1) is 0 Å². The minimum atomic E-state index is -1.17. The van der Waals surface area contributed by atoms with Crippen LogP contribution in [0.3, 0.4) is 0 Å². The monoisotopic (exact) mass is 298 g/mol. The van der Waals surface area contributed by atoms with Crippen LogP contribution < -0.4 is 10.6 Å². The maximum absolute atomic E-state index is 10.7. The molecular weight excluding hydrogens is 291 g/mol. The summed E-state index contributed by atoms with van der Waals surface area (Å²) in [5.74, 6) is 0.293. The molecule has 2 rings (SSSR count). The van der Waals surface area contributed by atoms with Crippen LogP contribution >= 0.6 is 23.2 Å². The van der Waals surface area contributed by atoms with E-state index in [1.54, 1.807) is 24.3 Å². The zero-order valence-corrected chi connectivity index (χ0v) is 10.9. The van der Waals surface area contributed by atoms with Crippen LogP contribution in [0.2, 0.25) is 10.3 Å². The largest absolute Gasteiger partial charge is 0.465 e. The Balaban J connectivity index is 2.32. The van der Waals surface area contributed by atoms with E-state index in [-0.39, 0.29) is 10.3 Å². The van der Waals surface area contributed by atoms with Crippen molar-refractivity contribution in [3.8, 4) is 0 Å². The summed E-state index contributed by atoms with van der Waals surface area (Å²) in [6, 6.07) is 6.72. The molecule has 0 aliphatic heterocycles. The van der Waals surface area contributed by atoms with Gasteiger partial charge in [0.15, 0.2) is 5.82 Å². The zero-order valence-electron chi connectivity index (χ0n) is 9.39. The predicted octanol–water partition coefficient (Wildman–Crippen LogP) is 3.62. The lowest BCUT2D eigenvalue weighted by atomic mass is 10.2. The fourth-order valence-corrected chi connectivity index (χ4v) is 1.65. The molecule has 1 heterocycles. The van der Waals surface area contributed by atoms with E-state index < -0.39 is 6.09 Å². The van der Waals surface area contributed by atoms with Crippen LogP contribution in [0.15, 0.2) is 30.5 Å². The van der Waals surface area contributed by atoms with Gasteiger partial charge in [0.05, 0.1) is 17.6 Å². The summed E-state index contributed by atoms with van der Waals surface area (Å²) in [5.41, 5.74) is 0.877. The highest BCUT2D eigenvalue weighted by Gasteiger charge is 2.09. The molecule has 3 N–H and O–H groups in total. The molecule has 8 heteroatoms. The summed E-state index contributed by atoms with van der Waals surface area (Å²) in [7, 11) is 0. The minimum Gasteiger partial charge on any atom is -0.465 e. The average molecular weight is 299 g/mol.